The van der Waals surface area contributed by atoms with E-state index >= 15 is 0 Å². The van der Waals surface area contributed by atoms with Gasteiger partial charge in [0.1, 0.15) is 12.5 Å². The number of ether oxygens (including phenoxy) is 1. The summed E-state index contributed by atoms with van der Waals surface area (Å²) in [6.07, 6.45) is 1.12. The lowest BCUT2D eigenvalue weighted by atomic mass is 9.69. The number of Topliss-reactive ketones (excluding diaryl/α,β-unsaturated/α-hetero) is 1. The predicted molar refractivity (Wildman–Crippen MR) is 138 cm³/mol. The van der Waals surface area contributed by atoms with Crippen molar-refractivity contribution >= 4 is 45.2 Å². The smallest absolute Gasteiger partial charge is 0.315 e. The van der Waals surface area contributed by atoms with Crippen LogP contribution in [-0.2, 0) is 14.3 Å². The summed E-state index contributed by atoms with van der Waals surface area (Å²) in [6.45, 7) is 4.33. The summed E-state index contributed by atoms with van der Waals surface area (Å²) < 4.78 is 6.57. The number of thioether (sulfide) groups is 1. The van der Waals surface area contributed by atoms with Gasteiger partial charge in [0.15, 0.2) is 5.78 Å². The molecule has 0 spiro atoms. The molecule has 2 aromatic carbocycles. The van der Waals surface area contributed by atoms with Gasteiger partial charge in [-0.2, -0.15) is 11.8 Å². The third-order valence-electron chi connectivity index (χ3n) is 6.30. The number of esters is 1. The van der Waals surface area contributed by atoms with E-state index < -0.39 is 5.92 Å². The fourth-order valence-electron chi connectivity index (χ4n) is 4.82. The van der Waals surface area contributed by atoms with Crippen molar-refractivity contribution in [2.75, 3.05) is 18.1 Å². The van der Waals surface area contributed by atoms with E-state index in [4.69, 9.17) is 9.73 Å². The summed E-state index contributed by atoms with van der Waals surface area (Å²) in [7, 11) is 0. The normalized spacial score (nSPS) is 22.6. The molecule has 0 bridgehead atoms. The lowest BCUT2D eigenvalue weighted by Gasteiger charge is -2.36. The Bertz CT molecular complexity index is 1100. The highest BCUT2D eigenvalue weighted by molar-refractivity contribution is 9.10. The Morgan fingerprint density at radius 2 is 1.88 bits per heavy atom. The van der Waals surface area contributed by atoms with Crippen LogP contribution >= 0.6 is 27.7 Å². The van der Waals surface area contributed by atoms with Crippen molar-refractivity contribution in [3.8, 4) is 0 Å². The maximum Gasteiger partial charge on any atom is 0.315 e. The van der Waals surface area contributed by atoms with Crippen LogP contribution in [-0.4, -0.2) is 35.6 Å². The maximum atomic E-state index is 13.6. The molecule has 0 aromatic heterocycles. The summed E-state index contributed by atoms with van der Waals surface area (Å²) in [6, 6.07) is 18.0. The molecule has 0 amide bonds. The van der Waals surface area contributed by atoms with Crippen LogP contribution in [0.4, 0.5) is 0 Å². The lowest BCUT2D eigenvalue weighted by Crippen LogP contribution is -2.38. The van der Waals surface area contributed by atoms with E-state index in [0.29, 0.717) is 30.7 Å². The molecule has 6 heteroatoms. The number of ketones is 1. The average molecular weight is 526 g/mol. The van der Waals surface area contributed by atoms with Crippen LogP contribution in [0.3, 0.4) is 0 Å². The fraction of sp³-hybridized carbons (Fsp3) is 0.370. The number of nitrogens with zero attached hydrogens (tertiary/aromatic N) is 1. The van der Waals surface area contributed by atoms with Gasteiger partial charge in [0.05, 0.1) is 0 Å². The zero-order chi connectivity index (χ0) is 23.4. The molecule has 1 unspecified atom stereocenters. The van der Waals surface area contributed by atoms with Gasteiger partial charge in [0, 0.05) is 39.5 Å². The van der Waals surface area contributed by atoms with Crippen LogP contribution in [0.25, 0.3) is 0 Å². The highest BCUT2D eigenvalue weighted by atomic mass is 79.9. The molecular formula is C27H28BrNO3S. The molecule has 0 fully saturated rings. The number of halogens is 1. The molecule has 1 heterocycles. The van der Waals surface area contributed by atoms with Crippen molar-refractivity contribution in [3.63, 3.8) is 0 Å². The lowest BCUT2D eigenvalue weighted by molar-refractivity contribution is -0.145. The summed E-state index contributed by atoms with van der Waals surface area (Å²) >= 11 is 5.29. The van der Waals surface area contributed by atoms with Crippen LogP contribution in [0.2, 0.25) is 0 Å². The van der Waals surface area contributed by atoms with Crippen molar-refractivity contribution in [1.29, 1.82) is 0 Å². The first kappa shape index (κ1) is 24.0. The minimum Gasteiger partial charge on any atom is -0.464 e. The number of rotatable bonds is 7. The largest absolute Gasteiger partial charge is 0.464 e. The molecule has 3 atom stereocenters. The Labute approximate surface area is 208 Å². The Morgan fingerprint density at radius 3 is 2.61 bits per heavy atom. The highest BCUT2D eigenvalue weighted by Crippen LogP contribution is 2.47. The van der Waals surface area contributed by atoms with Crippen LogP contribution in [0.1, 0.15) is 49.7 Å². The molecule has 2 aromatic rings. The molecule has 0 radical (unpaired) electrons. The number of aliphatic imine (C=N–C) groups is 1. The standard InChI is InChI=1S/C27H28BrNO3S/c1-3-33-13-12-32-27(31)24-17(2)29-22-15-20(18-8-5-4-6-9-18)16-23(30)26(22)25(24)19-10-7-11-21(28)14-19/h4-11,14,20,24-25H,3,12-13,15-16H2,1-2H3/t20-,24?,25-/m0/s1. The Hall–Kier alpha value is -2.18. The topological polar surface area (TPSA) is 55.7 Å². The van der Waals surface area contributed by atoms with E-state index in [1.54, 1.807) is 11.8 Å². The van der Waals surface area contributed by atoms with Crippen molar-refractivity contribution < 1.29 is 14.3 Å². The average Bonchev–Trinajstić information content (AvgIpc) is 2.81. The van der Waals surface area contributed by atoms with Gasteiger partial charge in [-0.15, -0.1) is 0 Å². The summed E-state index contributed by atoms with van der Waals surface area (Å²) in [5, 5.41) is 0. The fourth-order valence-corrected chi connectivity index (χ4v) is 5.73. The Morgan fingerprint density at radius 1 is 1.12 bits per heavy atom. The Kier molecular flexibility index (Phi) is 7.86. The van der Waals surface area contributed by atoms with Gasteiger partial charge in [-0.25, -0.2) is 0 Å². The van der Waals surface area contributed by atoms with Gasteiger partial charge in [0.25, 0.3) is 0 Å². The Balaban J connectivity index is 1.71. The van der Waals surface area contributed by atoms with Gasteiger partial charge in [0.2, 0.25) is 0 Å². The van der Waals surface area contributed by atoms with Gasteiger partial charge in [-0.1, -0.05) is 65.3 Å². The number of carbonyl (C=O) groups is 2. The number of benzene rings is 2. The van der Waals surface area contributed by atoms with Crippen molar-refractivity contribution in [2.24, 2.45) is 10.9 Å². The first-order valence-corrected chi connectivity index (χ1v) is 13.3. The van der Waals surface area contributed by atoms with E-state index in [0.717, 1.165) is 32.8 Å². The van der Waals surface area contributed by atoms with Gasteiger partial charge in [-0.05, 0) is 48.3 Å². The molecule has 33 heavy (non-hydrogen) atoms. The molecule has 2 aliphatic rings. The molecular weight excluding hydrogens is 498 g/mol. The van der Waals surface area contributed by atoms with E-state index in [9.17, 15) is 9.59 Å². The van der Waals surface area contributed by atoms with Crippen molar-refractivity contribution in [2.45, 2.75) is 38.5 Å². The van der Waals surface area contributed by atoms with Crippen molar-refractivity contribution in [1.82, 2.24) is 0 Å². The third-order valence-corrected chi connectivity index (χ3v) is 7.65. The van der Waals surface area contributed by atoms with Crippen molar-refractivity contribution in [3.05, 3.63) is 81.5 Å². The molecule has 4 nitrogen and oxygen atoms in total. The van der Waals surface area contributed by atoms with Crippen LogP contribution in [0.15, 0.2) is 75.3 Å². The number of allylic oxidation sites excluding steroid dienone is 2. The van der Waals surface area contributed by atoms with Crippen LogP contribution < -0.4 is 0 Å². The third kappa shape index (κ3) is 5.33. The number of hydrogen-bond donors (Lipinski definition) is 0. The maximum absolute atomic E-state index is 13.6. The minimum absolute atomic E-state index is 0.0747. The van der Waals surface area contributed by atoms with E-state index in [1.807, 2.05) is 49.4 Å². The second kappa shape index (κ2) is 10.8. The first-order valence-electron chi connectivity index (χ1n) is 11.4. The molecule has 1 aliphatic heterocycles. The zero-order valence-electron chi connectivity index (χ0n) is 18.9. The zero-order valence-corrected chi connectivity index (χ0v) is 21.3. The van der Waals surface area contributed by atoms with Gasteiger partial charge >= 0.3 is 5.97 Å². The monoisotopic (exact) mass is 525 g/mol. The SMILES string of the molecule is CCSCCOC(=O)C1C(C)=NC2=C(C(=O)C[C@@H](c3ccccc3)C2)[C@H]1c1cccc(Br)c1. The number of hydrogen-bond acceptors (Lipinski definition) is 5. The van der Waals surface area contributed by atoms with Crippen LogP contribution in [0.5, 0.6) is 0 Å². The summed E-state index contributed by atoms with van der Waals surface area (Å²) in [5.41, 5.74) is 4.29. The van der Waals surface area contributed by atoms with E-state index in [-0.39, 0.29) is 23.6 Å². The molecule has 0 saturated heterocycles. The van der Waals surface area contributed by atoms with E-state index in [1.165, 1.54) is 0 Å². The molecule has 0 N–H and O–H groups in total. The molecule has 1 aliphatic carbocycles. The highest BCUT2D eigenvalue weighted by Gasteiger charge is 2.44. The first-order chi connectivity index (χ1) is 16.0. The number of carbonyl (C=O) groups excluding carboxylic acids is 2. The predicted octanol–water partition coefficient (Wildman–Crippen LogP) is 6.32. The van der Waals surface area contributed by atoms with Gasteiger partial charge in [-0.3, -0.25) is 14.6 Å². The van der Waals surface area contributed by atoms with E-state index in [2.05, 4.69) is 35.0 Å². The van der Waals surface area contributed by atoms with Crippen LogP contribution in [0, 0.1) is 5.92 Å². The molecule has 172 valence electrons. The second-order valence-corrected chi connectivity index (χ2v) is 10.7. The molecule has 4 rings (SSSR count). The summed E-state index contributed by atoms with van der Waals surface area (Å²) in [4.78, 5) is 31.6. The summed E-state index contributed by atoms with van der Waals surface area (Å²) in [5.74, 6) is 0.640. The molecule has 0 saturated carbocycles. The quantitative estimate of drug-likeness (QED) is 0.313. The second-order valence-electron chi connectivity index (χ2n) is 8.43. The minimum atomic E-state index is -0.595. The van der Waals surface area contributed by atoms with Gasteiger partial charge < -0.3 is 4.74 Å².